The quantitative estimate of drug-likeness (QED) is 0.475. The van der Waals surface area contributed by atoms with E-state index in [1.807, 2.05) is 19.1 Å². The number of aryl methyl sites for hydroxylation is 1. The predicted octanol–water partition coefficient (Wildman–Crippen LogP) is 4.77. The highest BCUT2D eigenvalue weighted by Gasteiger charge is 2.31. The van der Waals surface area contributed by atoms with Gasteiger partial charge in [-0.15, -0.1) is 0 Å². The summed E-state index contributed by atoms with van der Waals surface area (Å²) in [6, 6.07) is 11.6. The first-order valence-electron chi connectivity index (χ1n) is 12.9. The van der Waals surface area contributed by atoms with E-state index in [1.165, 1.54) is 33.2 Å². The first-order chi connectivity index (χ1) is 18.1. The van der Waals surface area contributed by atoms with Crippen LogP contribution in [0.4, 0.5) is 0 Å². The molecular formula is C29H33N3O5S. The molecule has 0 unspecified atom stereocenters. The number of nitrogens with one attached hydrogen (secondary N) is 1. The van der Waals surface area contributed by atoms with Crippen LogP contribution in [0.2, 0.25) is 0 Å². The van der Waals surface area contributed by atoms with E-state index in [-0.39, 0.29) is 12.1 Å². The van der Waals surface area contributed by atoms with Crippen LogP contribution in [0.15, 0.2) is 42.0 Å². The fourth-order valence-electron chi connectivity index (χ4n) is 5.72. The second-order valence-electron chi connectivity index (χ2n) is 10.4. The number of hydrogen-bond donors (Lipinski definition) is 1. The lowest BCUT2D eigenvalue weighted by atomic mass is 9.81. The van der Waals surface area contributed by atoms with Crippen LogP contribution < -0.4 is 4.72 Å². The van der Waals surface area contributed by atoms with Crippen molar-refractivity contribution in [3.8, 4) is 11.3 Å². The van der Waals surface area contributed by atoms with Gasteiger partial charge in [0.05, 0.1) is 24.9 Å². The van der Waals surface area contributed by atoms with Crippen molar-refractivity contribution < 1.29 is 22.7 Å². The molecule has 2 heterocycles. The Morgan fingerprint density at radius 2 is 1.79 bits per heavy atom. The molecule has 1 amide bonds. The van der Waals surface area contributed by atoms with E-state index in [0.717, 1.165) is 63.3 Å². The lowest BCUT2D eigenvalue weighted by Gasteiger charge is -2.24. The molecule has 2 aromatic carbocycles. The second-order valence-corrected chi connectivity index (χ2v) is 12.3. The summed E-state index contributed by atoms with van der Waals surface area (Å²) in [6.45, 7) is 2.31. The third kappa shape index (κ3) is 4.65. The van der Waals surface area contributed by atoms with Crippen molar-refractivity contribution in [1.29, 1.82) is 0 Å². The van der Waals surface area contributed by atoms with Gasteiger partial charge in [-0.25, -0.2) is 9.52 Å². The van der Waals surface area contributed by atoms with Gasteiger partial charge in [0.15, 0.2) is 0 Å². The molecule has 3 aromatic rings. The summed E-state index contributed by atoms with van der Waals surface area (Å²) < 4.78 is 34.9. The Balaban J connectivity index is 1.77. The van der Waals surface area contributed by atoms with E-state index in [9.17, 15) is 18.0 Å². The minimum absolute atomic E-state index is 0.232. The number of rotatable bonds is 5. The third-order valence-corrected chi connectivity index (χ3v) is 9.05. The van der Waals surface area contributed by atoms with Crippen LogP contribution >= 0.6 is 0 Å². The number of aromatic nitrogens is 1. The van der Waals surface area contributed by atoms with Gasteiger partial charge >= 0.3 is 16.2 Å². The molecule has 1 N–H and O–H groups in total. The predicted molar refractivity (Wildman–Crippen MR) is 148 cm³/mol. The number of benzene rings is 2. The lowest BCUT2D eigenvalue weighted by Crippen LogP contribution is -2.39. The van der Waals surface area contributed by atoms with E-state index in [2.05, 4.69) is 27.5 Å². The van der Waals surface area contributed by atoms with Crippen molar-refractivity contribution >= 4 is 39.1 Å². The van der Waals surface area contributed by atoms with Crippen LogP contribution in [-0.2, 0) is 26.3 Å². The molecule has 38 heavy (non-hydrogen) atoms. The summed E-state index contributed by atoms with van der Waals surface area (Å²) in [5.41, 5.74) is 6.90. The Morgan fingerprint density at radius 3 is 2.47 bits per heavy atom. The smallest absolute Gasteiger partial charge is 0.335 e. The van der Waals surface area contributed by atoms with Gasteiger partial charge in [0, 0.05) is 36.1 Å². The summed E-state index contributed by atoms with van der Waals surface area (Å²) in [5.74, 6) is -0.758. The van der Waals surface area contributed by atoms with Gasteiger partial charge in [-0.3, -0.25) is 4.79 Å². The standard InChI is InChI=1S/C29H33N3O5S/c1-18-10-12-23-21(14-18)15-22(29(34)37-4)17-32-25-16-20(28(33)30-38(35,36)31(2)3)11-13-24(25)26(27(23)32)19-8-6-5-7-9-19/h10-16,19H,5-9,17H2,1-4H3,(H,30,33). The fourth-order valence-corrected chi connectivity index (χ4v) is 6.25. The Hall–Kier alpha value is -3.43. The third-order valence-electron chi connectivity index (χ3n) is 7.65. The number of methoxy groups -OCH3 is 1. The first kappa shape index (κ1) is 26.2. The zero-order chi connectivity index (χ0) is 27.2. The molecule has 1 aliphatic carbocycles. The monoisotopic (exact) mass is 535 g/mol. The molecule has 1 aromatic heterocycles. The normalized spacial score (nSPS) is 16.0. The number of carbonyl (C=O) groups is 2. The van der Waals surface area contributed by atoms with Crippen LogP contribution in [-0.4, -0.2) is 50.4 Å². The molecule has 9 heteroatoms. The van der Waals surface area contributed by atoms with Crippen molar-refractivity contribution in [2.24, 2.45) is 0 Å². The maximum absolute atomic E-state index is 13.0. The maximum atomic E-state index is 13.0. The number of hydrogen-bond acceptors (Lipinski definition) is 5. The number of fused-ring (bicyclic) bond motifs is 5. The Kier molecular flexibility index (Phi) is 6.92. The fraction of sp³-hybridized carbons (Fsp3) is 0.379. The molecule has 0 spiro atoms. The SMILES string of the molecule is COC(=O)C1=Cc2cc(C)ccc2-c2c(C3CCCCC3)c3ccc(C(=O)NS(=O)(=O)N(C)C)cc3n2C1. The van der Waals surface area contributed by atoms with E-state index < -0.39 is 22.1 Å². The Labute approximate surface area is 223 Å². The Morgan fingerprint density at radius 1 is 1.05 bits per heavy atom. The molecule has 0 atom stereocenters. The Bertz CT molecular complexity index is 1580. The maximum Gasteiger partial charge on any atom is 0.335 e. The first-order valence-corrected chi connectivity index (χ1v) is 14.4. The lowest BCUT2D eigenvalue weighted by molar-refractivity contribution is -0.136. The van der Waals surface area contributed by atoms with Crippen molar-refractivity contribution in [2.75, 3.05) is 21.2 Å². The molecule has 0 radical (unpaired) electrons. The van der Waals surface area contributed by atoms with Crippen LogP contribution in [0.25, 0.3) is 28.2 Å². The highest BCUT2D eigenvalue weighted by molar-refractivity contribution is 7.87. The minimum Gasteiger partial charge on any atom is -0.466 e. The van der Waals surface area contributed by atoms with E-state index >= 15 is 0 Å². The molecule has 8 nitrogen and oxygen atoms in total. The largest absolute Gasteiger partial charge is 0.466 e. The van der Waals surface area contributed by atoms with E-state index in [4.69, 9.17) is 4.74 Å². The van der Waals surface area contributed by atoms with Gasteiger partial charge < -0.3 is 9.30 Å². The number of carbonyl (C=O) groups excluding carboxylic acids is 2. The van der Waals surface area contributed by atoms with E-state index in [1.54, 1.807) is 12.1 Å². The molecule has 1 fully saturated rings. The average molecular weight is 536 g/mol. The highest BCUT2D eigenvalue weighted by atomic mass is 32.2. The molecule has 1 saturated carbocycles. The summed E-state index contributed by atoms with van der Waals surface area (Å²) in [5, 5.41) is 1.02. The van der Waals surface area contributed by atoms with Gasteiger partial charge in [-0.1, -0.05) is 49.1 Å². The van der Waals surface area contributed by atoms with Gasteiger partial charge in [-0.2, -0.15) is 12.7 Å². The van der Waals surface area contributed by atoms with Gasteiger partial charge in [0.25, 0.3) is 5.91 Å². The molecule has 0 saturated heterocycles. The van der Waals surface area contributed by atoms with Crippen molar-refractivity contribution in [1.82, 2.24) is 13.6 Å². The second kappa shape index (κ2) is 10.0. The summed E-state index contributed by atoms with van der Waals surface area (Å²) in [7, 11) is 0.157. The van der Waals surface area contributed by atoms with Gasteiger partial charge in [0.2, 0.25) is 0 Å². The molecule has 0 bridgehead atoms. The molecule has 1 aliphatic heterocycles. The molecule has 2 aliphatic rings. The van der Waals surface area contributed by atoms with Crippen molar-refractivity contribution in [2.45, 2.75) is 51.5 Å². The number of esters is 1. The highest BCUT2D eigenvalue weighted by Crippen LogP contribution is 2.46. The van der Waals surface area contributed by atoms with Crippen molar-refractivity contribution in [3.05, 3.63) is 64.2 Å². The zero-order valence-corrected chi connectivity index (χ0v) is 23.0. The van der Waals surface area contributed by atoms with Crippen LogP contribution in [0.1, 0.15) is 65.1 Å². The molecular weight excluding hydrogens is 502 g/mol. The average Bonchev–Trinajstić information content (AvgIpc) is 3.11. The summed E-state index contributed by atoms with van der Waals surface area (Å²) >= 11 is 0. The zero-order valence-electron chi connectivity index (χ0n) is 22.2. The molecule has 5 rings (SSSR count). The number of ether oxygens (including phenoxy) is 1. The number of nitrogens with zero attached hydrogens (tertiary/aromatic N) is 2. The number of amides is 1. The topological polar surface area (TPSA) is 97.7 Å². The van der Waals surface area contributed by atoms with Gasteiger partial charge in [-0.05, 0) is 55.0 Å². The van der Waals surface area contributed by atoms with Gasteiger partial charge in [0.1, 0.15) is 0 Å². The van der Waals surface area contributed by atoms with Crippen LogP contribution in [0, 0.1) is 6.92 Å². The van der Waals surface area contributed by atoms with Crippen molar-refractivity contribution in [3.63, 3.8) is 0 Å². The minimum atomic E-state index is -3.94. The van der Waals surface area contributed by atoms with E-state index in [0.29, 0.717) is 11.5 Å². The van der Waals surface area contributed by atoms with Crippen LogP contribution in [0.3, 0.4) is 0 Å². The summed E-state index contributed by atoms with van der Waals surface area (Å²) in [4.78, 5) is 25.8. The molecule has 200 valence electrons. The summed E-state index contributed by atoms with van der Waals surface area (Å²) in [6.07, 6.45) is 7.59. The van der Waals surface area contributed by atoms with Crippen LogP contribution in [0.5, 0.6) is 0 Å².